The number of carbonyl (C=O) groups excluding carboxylic acids is 2. The van der Waals surface area contributed by atoms with Crippen molar-refractivity contribution in [2.24, 2.45) is 9.98 Å². The zero-order valence-corrected chi connectivity index (χ0v) is 11.3. The predicted octanol–water partition coefficient (Wildman–Crippen LogP) is 1.03. The molecule has 0 rings (SSSR count). The van der Waals surface area contributed by atoms with Crippen molar-refractivity contribution in [2.75, 3.05) is 19.8 Å². The lowest BCUT2D eigenvalue weighted by Crippen LogP contribution is -2.25. The third-order valence-electron chi connectivity index (χ3n) is 2.39. The molecule has 20 heavy (non-hydrogen) atoms. The molecule has 2 atom stereocenters. The molecule has 0 bridgehead atoms. The largest absolute Gasteiger partial charge is 0.428 e. The number of ether oxygens (including phenoxy) is 1. The smallest absolute Gasteiger partial charge is 0.286 e. The summed E-state index contributed by atoms with van der Waals surface area (Å²) < 4.78 is 4.54. The number of nitriles is 1. The Bertz CT molecular complexity index is 383. The van der Waals surface area contributed by atoms with Gasteiger partial charge in [0.05, 0.1) is 12.6 Å². The van der Waals surface area contributed by atoms with E-state index in [2.05, 4.69) is 14.7 Å². The molecule has 0 saturated heterocycles. The van der Waals surface area contributed by atoms with Gasteiger partial charge in [-0.25, -0.2) is 24.4 Å². The van der Waals surface area contributed by atoms with Gasteiger partial charge in [0.1, 0.15) is 19.3 Å². The van der Waals surface area contributed by atoms with Gasteiger partial charge in [0.25, 0.3) is 6.26 Å². The number of isocyanates is 2. The van der Waals surface area contributed by atoms with E-state index in [-0.39, 0.29) is 19.2 Å². The minimum Gasteiger partial charge on any atom is -0.428 e. The molecule has 110 valence electrons. The average Bonchev–Trinajstić information content (AvgIpc) is 2.45. The standard InChI is InChI=1S/C12H17N3O5/c1-11(20-19-7-5-14-9-16)12(15-10-17)4-2-3-6-18-8-13/h11-12H,2-7H2,1H3. The molecule has 8 heteroatoms. The summed E-state index contributed by atoms with van der Waals surface area (Å²) in [5.41, 5.74) is 0. The fourth-order valence-corrected chi connectivity index (χ4v) is 1.39. The first kappa shape index (κ1) is 18.0. The highest BCUT2D eigenvalue weighted by atomic mass is 17.2. The monoisotopic (exact) mass is 283 g/mol. The van der Waals surface area contributed by atoms with Crippen LogP contribution in [0, 0.1) is 11.5 Å². The first-order valence-corrected chi connectivity index (χ1v) is 6.16. The van der Waals surface area contributed by atoms with Crippen LogP contribution in [0.4, 0.5) is 0 Å². The van der Waals surface area contributed by atoms with E-state index in [1.54, 1.807) is 13.2 Å². The van der Waals surface area contributed by atoms with Crippen LogP contribution in [-0.4, -0.2) is 44.1 Å². The maximum Gasteiger partial charge on any atom is 0.286 e. The summed E-state index contributed by atoms with van der Waals surface area (Å²) in [5.74, 6) is 0. The van der Waals surface area contributed by atoms with Crippen molar-refractivity contribution in [3.8, 4) is 6.26 Å². The van der Waals surface area contributed by atoms with Gasteiger partial charge in [0, 0.05) is 0 Å². The predicted molar refractivity (Wildman–Crippen MR) is 66.8 cm³/mol. The van der Waals surface area contributed by atoms with Crippen LogP contribution in [0.2, 0.25) is 0 Å². The van der Waals surface area contributed by atoms with E-state index in [1.165, 1.54) is 12.2 Å². The summed E-state index contributed by atoms with van der Waals surface area (Å²) in [6, 6.07) is -0.385. The van der Waals surface area contributed by atoms with Crippen LogP contribution < -0.4 is 0 Å². The van der Waals surface area contributed by atoms with Crippen LogP contribution in [0.25, 0.3) is 0 Å². The summed E-state index contributed by atoms with van der Waals surface area (Å²) in [5, 5.41) is 8.20. The number of rotatable bonds is 12. The van der Waals surface area contributed by atoms with E-state index in [1.807, 2.05) is 0 Å². The van der Waals surface area contributed by atoms with Crippen LogP contribution in [0.5, 0.6) is 0 Å². The molecule has 0 aromatic heterocycles. The van der Waals surface area contributed by atoms with Crippen molar-refractivity contribution in [2.45, 2.75) is 38.3 Å². The van der Waals surface area contributed by atoms with Crippen molar-refractivity contribution in [3.63, 3.8) is 0 Å². The van der Waals surface area contributed by atoms with E-state index in [4.69, 9.17) is 15.0 Å². The van der Waals surface area contributed by atoms with E-state index < -0.39 is 6.10 Å². The van der Waals surface area contributed by atoms with Gasteiger partial charge in [-0.15, -0.1) is 0 Å². The molecule has 2 unspecified atom stereocenters. The molecule has 0 spiro atoms. The number of hydrogen-bond acceptors (Lipinski definition) is 8. The van der Waals surface area contributed by atoms with E-state index in [0.29, 0.717) is 19.4 Å². The maximum atomic E-state index is 10.4. The Morgan fingerprint density at radius 1 is 1.20 bits per heavy atom. The Hall–Kier alpha value is -2.03. The second-order valence-corrected chi connectivity index (χ2v) is 3.82. The topological polar surface area (TPSA) is 110 Å². The Kier molecular flexibility index (Phi) is 12.0. The molecule has 0 aliphatic rings. The molecular formula is C12H17N3O5. The third kappa shape index (κ3) is 9.95. The fourth-order valence-electron chi connectivity index (χ4n) is 1.39. The highest BCUT2D eigenvalue weighted by molar-refractivity contribution is 5.33. The van der Waals surface area contributed by atoms with Crippen molar-refractivity contribution >= 4 is 12.2 Å². The second-order valence-electron chi connectivity index (χ2n) is 3.82. The summed E-state index contributed by atoms with van der Waals surface area (Å²) in [6.07, 6.45) is 6.01. The van der Waals surface area contributed by atoms with Crippen LogP contribution in [0.15, 0.2) is 9.98 Å². The van der Waals surface area contributed by atoms with Gasteiger partial charge in [0.2, 0.25) is 12.2 Å². The zero-order valence-electron chi connectivity index (χ0n) is 11.3. The first-order valence-electron chi connectivity index (χ1n) is 6.16. The highest BCUT2D eigenvalue weighted by Crippen LogP contribution is 2.12. The minimum atomic E-state index is -0.437. The quantitative estimate of drug-likeness (QED) is 0.132. The lowest BCUT2D eigenvalue weighted by Gasteiger charge is -2.17. The molecule has 0 amide bonds. The summed E-state index contributed by atoms with van der Waals surface area (Å²) >= 11 is 0. The van der Waals surface area contributed by atoms with Crippen molar-refractivity contribution < 1.29 is 24.1 Å². The Balaban J connectivity index is 3.93. The molecule has 8 nitrogen and oxygen atoms in total. The molecule has 0 fully saturated rings. The molecule has 0 aliphatic heterocycles. The summed E-state index contributed by atoms with van der Waals surface area (Å²) in [7, 11) is 0. The van der Waals surface area contributed by atoms with Crippen molar-refractivity contribution in [1.82, 2.24) is 0 Å². The van der Waals surface area contributed by atoms with Crippen LogP contribution >= 0.6 is 0 Å². The molecule has 0 aromatic rings. The second kappa shape index (κ2) is 13.4. The number of hydrogen-bond donors (Lipinski definition) is 0. The first-order chi connectivity index (χ1) is 9.76. The molecule has 0 aliphatic carbocycles. The van der Waals surface area contributed by atoms with Gasteiger partial charge in [-0.05, 0) is 26.2 Å². The number of aliphatic imine (C=N–C) groups is 2. The van der Waals surface area contributed by atoms with Crippen molar-refractivity contribution in [1.29, 1.82) is 5.26 Å². The lowest BCUT2D eigenvalue weighted by atomic mass is 10.1. The maximum absolute atomic E-state index is 10.4. The minimum absolute atomic E-state index is 0.118. The van der Waals surface area contributed by atoms with Gasteiger partial charge >= 0.3 is 0 Å². The van der Waals surface area contributed by atoms with Gasteiger partial charge < -0.3 is 4.74 Å². The fraction of sp³-hybridized carbons (Fsp3) is 0.750. The summed E-state index contributed by atoms with van der Waals surface area (Å²) in [4.78, 5) is 37.0. The highest BCUT2D eigenvalue weighted by Gasteiger charge is 2.18. The van der Waals surface area contributed by atoms with Crippen molar-refractivity contribution in [3.05, 3.63) is 0 Å². The van der Waals surface area contributed by atoms with Crippen LogP contribution in [-0.2, 0) is 24.1 Å². The lowest BCUT2D eigenvalue weighted by molar-refractivity contribution is -0.321. The SMILES string of the molecule is CC(OOCCN=C=O)C(CCCCOC#N)N=C=O. The molecule has 0 radical (unpaired) electrons. The average molecular weight is 283 g/mol. The molecule has 0 heterocycles. The number of nitrogens with zero attached hydrogens (tertiary/aromatic N) is 3. The summed E-state index contributed by atoms with van der Waals surface area (Å²) in [6.45, 7) is 2.32. The normalized spacial score (nSPS) is 12.4. The Morgan fingerprint density at radius 3 is 2.65 bits per heavy atom. The van der Waals surface area contributed by atoms with E-state index in [0.717, 1.165) is 6.42 Å². The van der Waals surface area contributed by atoms with Crippen LogP contribution in [0.3, 0.4) is 0 Å². The zero-order chi connectivity index (χ0) is 15.1. The van der Waals surface area contributed by atoms with Gasteiger partial charge in [0.15, 0.2) is 0 Å². The van der Waals surface area contributed by atoms with Gasteiger partial charge in [-0.1, -0.05) is 0 Å². The molecule has 0 saturated carbocycles. The Labute approximate surface area is 117 Å². The number of unbranched alkanes of at least 4 members (excludes halogenated alkanes) is 1. The molecular weight excluding hydrogens is 266 g/mol. The molecule has 0 aromatic carbocycles. The Morgan fingerprint density at radius 2 is 2.00 bits per heavy atom. The van der Waals surface area contributed by atoms with Gasteiger partial charge in [-0.2, -0.15) is 10.3 Å². The van der Waals surface area contributed by atoms with Gasteiger partial charge in [-0.3, -0.25) is 0 Å². The van der Waals surface area contributed by atoms with E-state index >= 15 is 0 Å². The molecule has 0 N–H and O–H groups in total. The third-order valence-corrected chi connectivity index (χ3v) is 2.39. The van der Waals surface area contributed by atoms with Crippen LogP contribution in [0.1, 0.15) is 26.2 Å². The van der Waals surface area contributed by atoms with E-state index in [9.17, 15) is 9.59 Å².